The van der Waals surface area contributed by atoms with Crippen molar-refractivity contribution in [2.45, 2.75) is 135 Å². The Kier molecular flexibility index (Phi) is 30.6. The lowest BCUT2D eigenvalue weighted by molar-refractivity contribution is -0.147. The molecule has 0 bridgehead atoms. The molecule has 0 aromatic heterocycles. The quantitative estimate of drug-likeness (QED) is 0.0351. The van der Waals surface area contributed by atoms with Gasteiger partial charge in [0, 0.05) is 12.8 Å². The normalized spacial score (nSPS) is 13.4. The smallest absolute Gasteiger partial charge is 0.328 e. The van der Waals surface area contributed by atoms with E-state index in [1.165, 1.54) is 19.3 Å². The highest BCUT2D eigenvalue weighted by atomic mass is 16.5. The predicted molar refractivity (Wildman–Crippen MR) is 194 cm³/mol. The summed E-state index contributed by atoms with van der Waals surface area (Å²) in [7, 11) is 0. The van der Waals surface area contributed by atoms with Gasteiger partial charge in [-0.1, -0.05) is 106 Å². The zero-order valence-corrected chi connectivity index (χ0v) is 29.5. The van der Waals surface area contributed by atoms with Crippen molar-refractivity contribution in [3.8, 4) is 0 Å². The third-order valence-electron chi connectivity index (χ3n) is 7.19. The van der Waals surface area contributed by atoms with Gasteiger partial charge in [0.2, 0.25) is 11.8 Å². The molecule has 0 aromatic rings. The molecule has 0 fully saturated rings. The first-order valence-corrected chi connectivity index (χ1v) is 17.8. The minimum absolute atomic E-state index is 0.211. The molecule has 2 unspecified atom stereocenters. The predicted octanol–water partition coefficient (Wildman–Crippen LogP) is 7.58. The number of amides is 2. The lowest BCUT2D eigenvalue weighted by Gasteiger charge is -2.14. The zero-order chi connectivity index (χ0) is 35.5. The number of allylic oxidation sites excluding steroid dienone is 11. The van der Waals surface area contributed by atoms with Crippen molar-refractivity contribution in [1.82, 2.24) is 10.6 Å². The summed E-state index contributed by atoms with van der Waals surface area (Å²) in [4.78, 5) is 47.2. The Labute approximate surface area is 289 Å². The molecule has 0 saturated heterocycles. The van der Waals surface area contributed by atoms with E-state index < -0.39 is 24.5 Å². The number of carboxylic acid groups (broad SMARTS) is 1. The molecule has 0 aromatic carbocycles. The lowest BCUT2D eigenvalue weighted by atomic mass is 10.1. The molecule has 0 rings (SSSR count). The van der Waals surface area contributed by atoms with Gasteiger partial charge in [-0.2, -0.15) is 0 Å². The van der Waals surface area contributed by atoms with Crippen LogP contribution in [0.5, 0.6) is 0 Å². The number of carboxylic acids is 1. The van der Waals surface area contributed by atoms with Gasteiger partial charge in [-0.05, 0) is 76.7 Å². The van der Waals surface area contributed by atoms with Crippen LogP contribution in [0.3, 0.4) is 0 Å². The van der Waals surface area contributed by atoms with Crippen molar-refractivity contribution >= 4 is 23.8 Å². The summed E-state index contributed by atoms with van der Waals surface area (Å²) in [6, 6.07) is -1.40. The molecule has 0 radical (unpaired) electrons. The van der Waals surface area contributed by atoms with Crippen molar-refractivity contribution in [2.75, 3.05) is 13.2 Å². The minimum atomic E-state index is -1.40. The molecule has 0 saturated carbocycles. The summed E-state index contributed by atoms with van der Waals surface area (Å²) in [5, 5.41) is 22.4. The summed E-state index contributed by atoms with van der Waals surface area (Å²) < 4.78 is 5.80. The van der Waals surface area contributed by atoms with Crippen LogP contribution in [0.2, 0.25) is 0 Å². The van der Waals surface area contributed by atoms with Gasteiger partial charge in [0.05, 0.1) is 13.2 Å². The summed E-state index contributed by atoms with van der Waals surface area (Å²) in [6.07, 6.45) is 39.5. The fraction of sp³-hybridized carbons (Fsp3) is 0.590. The number of hydrogen-bond donors (Lipinski definition) is 4. The van der Waals surface area contributed by atoms with Gasteiger partial charge in [-0.3, -0.25) is 14.4 Å². The lowest BCUT2D eigenvalue weighted by Crippen LogP contribution is -2.47. The molecular weight excluding hydrogens is 608 g/mol. The molecule has 9 nitrogen and oxygen atoms in total. The van der Waals surface area contributed by atoms with Crippen molar-refractivity contribution in [2.24, 2.45) is 0 Å². The summed E-state index contributed by atoms with van der Waals surface area (Å²) >= 11 is 0. The highest BCUT2D eigenvalue weighted by Gasteiger charge is 2.18. The third kappa shape index (κ3) is 29.7. The molecule has 2 atom stereocenters. The molecule has 2 amide bonds. The Hall–Kier alpha value is -3.72. The van der Waals surface area contributed by atoms with E-state index in [4.69, 9.17) is 14.9 Å². The number of aliphatic hydroxyl groups excluding tert-OH is 1. The second-order valence-electron chi connectivity index (χ2n) is 11.6. The van der Waals surface area contributed by atoms with Crippen LogP contribution >= 0.6 is 0 Å². The van der Waals surface area contributed by atoms with Crippen LogP contribution in [0.4, 0.5) is 0 Å². The monoisotopic (exact) mass is 670 g/mol. The van der Waals surface area contributed by atoms with E-state index >= 15 is 0 Å². The third-order valence-corrected chi connectivity index (χ3v) is 7.19. The highest BCUT2D eigenvalue weighted by molar-refractivity contribution is 5.87. The van der Waals surface area contributed by atoms with Crippen molar-refractivity contribution in [1.29, 1.82) is 0 Å². The maximum absolute atomic E-state index is 12.6. The second-order valence-corrected chi connectivity index (χ2v) is 11.6. The number of carbonyl (C=O) groups excluding carboxylic acids is 3. The van der Waals surface area contributed by atoms with Gasteiger partial charge >= 0.3 is 11.9 Å². The molecule has 0 aliphatic heterocycles. The molecular formula is C39H62N2O7. The molecule has 0 heterocycles. The summed E-state index contributed by atoms with van der Waals surface area (Å²) in [5.74, 6) is -2.53. The van der Waals surface area contributed by atoms with E-state index in [9.17, 15) is 19.2 Å². The summed E-state index contributed by atoms with van der Waals surface area (Å²) in [6.45, 7) is 3.24. The fourth-order valence-electron chi connectivity index (χ4n) is 4.44. The number of ether oxygens (including phenoxy) is 1. The second kappa shape index (κ2) is 33.2. The number of aliphatic hydroxyl groups is 1. The van der Waals surface area contributed by atoms with Crippen LogP contribution < -0.4 is 10.6 Å². The van der Waals surface area contributed by atoms with Crippen LogP contribution in [0.1, 0.15) is 123 Å². The van der Waals surface area contributed by atoms with Gasteiger partial charge in [0.1, 0.15) is 12.1 Å². The van der Waals surface area contributed by atoms with Gasteiger partial charge in [-0.25, -0.2) is 4.79 Å². The zero-order valence-electron chi connectivity index (χ0n) is 29.5. The number of nitrogens with one attached hydrogen (secondary N) is 2. The number of aliphatic carboxylic acids is 1. The van der Waals surface area contributed by atoms with E-state index in [-0.39, 0.29) is 30.9 Å². The van der Waals surface area contributed by atoms with Gasteiger partial charge in [0.25, 0.3) is 0 Å². The van der Waals surface area contributed by atoms with E-state index in [0.29, 0.717) is 25.7 Å². The highest BCUT2D eigenvalue weighted by Crippen LogP contribution is 2.13. The Morgan fingerprint density at radius 1 is 0.667 bits per heavy atom. The van der Waals surface area contributed by atoms with Gasteiger partial charge < -0.3 is 25.6 Å². The van der Waals surface area contributed by atoms with Crippen LogP contribution in [-0.2, 0) is 23.9 Å². The topological polar surface area (TPSA) is 142 Å². The molecule has 270 valence electrons. The van der Waals surface area contributed by atoms with Crippen LogP contribution in [-0.4, -0.2) is 59.3 Å². The van der Waals surface area contributed by atoms with Crippen LogP contribution in [0.15, 0.2) is 72.9 Å². The SMILES string of the molecule is CC/C=C\C/C=C\C/C=C\C/C=C\CCC(=O)OC(/C=C\C/C=C\CCCCC)CCCCCCC(=O)NCC(=O)NC(CO)C(=O)O. The first-order chi connectivity index (χ1) is 23.3. The van der Waals surface area contributed by atoms with Gasteiger partial charge in [0.15, 0.2) is 0 Å². The molecule has 48 heavy (non-hydrogen) atoms. The van der Waals surface area contributed by atoms with E-state index in [2.05, 4.69) is 85.2 Å². The average Bonchev–Trinajstić information content (AvgIpc) is 3.07. The standard InChI is InChI=1S/C39H62N2O7/c1-3-5-7-9-11-13-14-15-16-17-19-21-27-31-38(45)48-34(28-24-20-18-12-10-8-6-4-2)29-25-22-23-26-30-36(43)40-32-37(44)41-35(33-42)39(46)47/h5,7,11-13,15-16,18-19,21,24,28,34-35,42H,3-4,6,8-10,14,17,20,22-23,25-27,29-33H2,1-2H3,(H,40,43)(H,41,44)(H,46,47)/b7-5-,13-11-,16-15-,18-12-,21-19-,28-24-. The van der Waals surface area contributed by atoms with Gasteiger partial charge in [-0.15, -0.1) is 0 Å². The largest absolute Gasteiger partial charge is 0.480 e. The first-order valence-electron chi connectivity index (χ1n) is 17.8. The Morgan fingerprint density at radius 3 is 1.90 bits per heavy atom. The van der Waals surface area contributed by atoms with Crippen molar-refractivity contribution < 1.29 is 34.1 Å². The number of hydrogen-bond acceptors (Lipinski definition) is 6. The number of esters is 1. The van der Waals surface area contributed by atoms with Crippen molar-refractivity contribution in [3.63, 3.8) is 0 Å². The molecule has 4 N–H and O–H groups in total. The molecule has 9 heteroatoms. The maximum atomic E-state index is 12.6. The van der Waals surface area contributed by atoms with Crippen LogP contribution in [0.25, 0.3) is 0 Å². The fourth-order valence-corrected chi connectivity index (χ4v) is 4.44. The first kappa shape index (κ1) is 44.3. The Bertz CT molecular complexity index is 1040. The number of rotatable bonds is 30. The number of unbranched alkanes of at least 4 members (excludes halogenated alkanes) is 6. The molecule has 0 aliphatic carbocycles. The minimum Gasteiger partial charge on any atom is -0.480 e. The van der Waals surface area contributed by atoms with Crippen molar-refractivity contribution in [3.05, 3.63) is 72.9 Å². The average molecular weight is 671 g/mol. The Balaban J connectivity index is 4.50. The van der Waals surface area contributed by atoms with Crippen LogP contribution in [0, 0.1) is 0 Å². The molecule has 0 spiro atoms. The Morgan fingerprint density at radius 2 is 1.27 bits per heavy atom. The van der Waals surface area contributed by atoms with E-state index in [1.807, 2.05) is 12.2 Å². The molecule has 0 aliphatic rings. The van der Waals surface area contributed by atoms with E-state index in [1.54, 1.807) is 0 Å². The number of carbonyl (C=O) groups is 4. The maximum Gasteiger partial charge on any atom is 0.328 e. The van der Waals surface area contributed by atoms with E-state index in [0.717, 1.165) is 57.8 Å². The summed E-state index contributed by atoms with van der Waals surface area (Å²) in [5.41, 5.74) is 0.